The summed E-state index contributed by atoms with van der Waals surface area (Å²) in [5.74, 6) is 2.75. The zero-order valence-corrected chi connectivity index (χ0v) is 18.5. The van der Waals surface area contributed by atoms with Gasteiger partial charge in [0.1, 0.15) is 5.69 Å². The number of nitro benzene ring substituents is 1. The molecule has 0 aliphatic carbocycles. The van der Waals surface area contributed by atoms with Crippen LogP contribution in [0.15, 0.2) is 47.6 Å². The van der Waals surface area contributed by atoms with Crippen molar-refractivity contribution < 1.29 is 19.0 Å². The van der Waals surface area contributed by atoms with E-state index in [1.165, 1.54) is 12.1 Å². The summed E-state index contributed by atoms with van der Waals surface area (Å²) < 4.78 is 14.9. The molecule has 32 heavy (non-hydrogen) atoms. The fourth-order valence-corrected chi connectivity index (χ4v) is 4.85. The maximum atomic E-state index is 11.2. The number of aromatic nitrogens is 4. The first-order chi connectivity index (χ1) is 15.5. The van der Waals surface area contributed by atoms with Crippen molar-refractivity contribution in [3.63, 3.8) is 0 Å². The molecule has 3 heterocycles. The van der Waals surface area contributed by atoms with Gasteiger partial charge in [-0.1, -0.05) is 11.8 Å². The van der Waals surface area contributed by atoms with E-state index in [2.05, 4.69) is 0 Å². The van der Waals surface area contributed by atoms with Gasteiger partial charge < -0.3 is 9.47 Å². The van der Waals surface area contributed by atoms with Crippen LogP contribution in [0.2, 0.25) is 0 Å². The molecule has 0 saturated carbocycles. The van der Waals surface area contributed by atoms with Crippen LogP contribution >= 0.6 is 11.8 Å². The van der Waals surface area contributed by atoms with Gasteiger partial charge in [0.2, 0.25) is 0 Å². The largest absolute Gasteiger partial charge is 0.493 e. The Bertz CT molecular complexity index is 1350. The van der Waals surface area contributed by atoms with Crippen molar-refractivity contribution in [2.75, 3.05) is 20.0 Å². The fourth-order valence-electron chi connectivity index (χ4n) is 3.98. The van der Waals surface area contributed by atoms with E-state index in [1.807, 2.05) is 34.4 Å². The average molecular weight is 451 g/mol. The van der Waals surface area contributed by atoms with Gasteiger partial charge in [0.15, 0.2) is 11.5 Å². The number of ether oxygens (including phenoxy) is 2. The number of hydrogen-bond donors (Lipinski definition) is 0. The molecule has 162 valence electrons. The van der Waals surface area contributed by atoms with Crippen LogP contribution < -0.4 is 14.0 Å². The molecule has 2 aromatic heterocycles. The van der Waals surface area contributed by atoms with Gasteiger partial charge in [-0.2, -0.15) is 9.25 Å². The number of pyridine rings is 1. The van der Waals surface area contributed by atoms with Gasteiger partial charge in [0.05, 0.1) is 31.4 Å². The Morgan fingerprint density at radius 2 is 1.84 bits per heavy atom. The average Bonchev–Trinajstić information content (AvgIpc) is 3.39. The van der Waals surface area contributed by atoms with Crippen LogP contribution in [-0.2, 0) is 6.54 Å². The van der Waals surface area contributed by atoms with Crippen LogP contribution in [0.5, 0.6) is 11.5 Å². The zero-order chi connectivity index (χ0) is 22.4. The molecule has 0 amide bonds. The van der Waals surface area contributed by atoms with Gasteiger partial charge in [-0.05, 0) is 47.6 Å². The lowest BCUT2D eigenvalue weighted by molar-refractivity contribution is -0.597. The molecule has 1 aliphatic rings. The molecule has 10 heteroatoms. The Hall–Kier alpha value is -3.66. The second-order valence-corrected chi connectivity index (χ2v) is 8.40. The van der Waals surface area contributed by atoms with Crippen LogP contribution in [0.4, 0.5) is 5.69 Å². The molecule has 0 radical (unpaired) electrons. The van der Waals surface area contributed by atoms with E-state index in [4.69, 9.17) is 19.6 Å². The molecule has 0 fully saturated rings. The van der Waals surface area contributed by atoms with Crippen LogP contribution in [0.3, 0.4) is 0 Å². The Balaban J connectivity index is 1.84. The standard InChI is InChI=1S/C22H20N5O4S/c1-13-10-15-11-18(30-2)19(31-3)12-17(15)20(14-4-6-16(7-5-14)27(28)29)26(13)21-23-22-25(24-21)8-9-32-22/h4-7,10-12H,8-9H2,1-3H3/q+1. The van der Waals surface area contributed by atoms with E-state index in [1.54, 1.807) is 38.1 Å². The van der Waals surface area contributed by atoms with Gasteiger partial charge >= 0.3 is 5.95 Å². The van der Waals surface area contributed by atoms with Gasteiger partial charge in [0, 0.05) is 33.9 Å². The van der Waals surface area contributed by atoms with Crippen molar-refractivity contribution in [3.05, 3.63) is 58.3 Å². The Kier molecular flexibility index (Phi) is 4.93. The number of nitrogens with zero attached hydrogens (tertiary/aromatic N) is 5. The minimum Gasteiger partial charge on any atom is -0.493 e. The number of methoxy groups -OCH3 is 2. The second-order valence-electron chi connectivity index (χ2n) is 7.33. The van der Waals surface area contributed by atoms with E-state index in [9.17, 15) is 10.1 Å². The Labute approximate surface area is 187 Å². The molecule has 0 atom stereocenters. The third-order valence-corrected chi connectivity index (χ3v) is 6.41. The van der Waals surface area contributed by atoms with E-state index in [-0.39, 0.29) is 5.69 Å². The summed E-state index contributed by atoms with van der Waals surface area (Å²) in [5.41, 5.74) is 2.59. The highest BCUT2D eigenvalue weighted by atomic mass is 32.2. The van der Waals surface area contributed by atoms with Crippen molar-refractivity contribution in [1.82, 2.24) is 14.8 Å². The highest BCUT2D eigenvalue weighted by Gasteiger charge is 2.30. The molecular weight excluding hydrogens is 430 g/mol. The zero-order valence-electron chi connectivity index (χ0n) is 17.7. The molecule has 2 aromatic carbocycles. The first kappa shape index (κ1) is 20.3. The molecule has 0 bridgehead atoms. The molecule has 0 saturated heterocycles. The summed E-state index contributed by atoms with van der Waals surface area (Å²) in [6, 6.07) is 12.4. The minimum absolute atomic E-state index is 0.0343. The van der Waals surface area contributed by atoms with Gasteiger partial charge in [-0.3, -0.25) is 10.1 Å². The third kappa shape index (κ3) is 3.23. The molecular formula is C22H20N5O4S+. The summed E-state index contributed by atoms with van der Waals surface area (Å²) in [4.78, 5) is 15.5. The van der Waals surface area contributed by atoms with E-state index in [0.29, 0.717) is 17.4 Å². The number of rotatable bonds is 5. The smallest absolute Gasteiger partial charge is 0.461 e. The van der Waals surface area contributed by atoms with Crippen LogP contribution in [-0.4, -0.2) is 39.7 Å². The summed E-state index contributed by atoms with van der Waals surface area (Å²) >= 11 is 1.68. The third-order valence-electron chi connectivity index (χ3n) is 5.46. The van der Waals surface area contributed by atoms with Gasteiger partial charge in [-0.25, -0.2) is 0 Å². The molecule has 0 spiro atoms. The highest BCUT2D eigenvalue weighted by molar-refractivity contribution is 7.99. The second kappa shape index (κ2) is 7.79. The molecule has 1 aliphatic heterocycles. The highest BCUT2D eigenvalue weighted by Crippen LogP contribution is 2.37. The number of aryl methyl sites for hydroxylation is 2. The number of thioether (sulfide) groups is 1. The molecule has 5 rings (SSSR count). The number of nitro groups is 1. The van der Waals surface area contributed by atoms with Crippen molar-refractivity contribution in [3.8, 4) is 28.7 Å². The van der Waals surface area contributed by atoms with Gasteiger partial charge in [-0.15, -0.1) is 0 Å². The first-order valence-corrected chi connectivity index (χ1v) is 10.9. The summed E-state index contributed by atoms with van der Waals surface area (Å²) in [7, 11) is 3.20. The normalized spacial score (nSPS) is 12.7. The van der Waals surface area contributed by atoms with E-state index >= 15 is 0 Å². The predicted octanol–water partition coefficient (Wildman–Crippen LogP) is 3.71. The Morgan fingerprint density at radius 1 is 1.12 bits per heavy atom. The maximum absolute atomic E-state index is 11.2. The SMILES string of the molecule is COc1cc2cc(C)[n+](-c3nc4n(n3)CCS4)c(-c3ccc([N+](=O)[O-])cc3)c2cc1OC. The lowest BCUT2D eigenvalue weighted by Gasteiger charge is -2.15. The monoisotopic (exact) mass is 450 g/mol. The number of hydrogen-bond acceptors (Lipinski definition) is 7. The van der Waals surface area contributed by atoms with Crippen molar-refractivity contribution in [2.24, 2.45) is 0 Å². The van der Waals surface area contributed by atoms with Crippen LogP contribution in [0.25, 0.3) is 28.0 Å². The van der Waals surface area contributed by atoms with Crippen LogP contribution in [0.1, 0.15) is 5.69 Å². The Morgan fingerprint density at radius 3 is 2.50 bits per heavy atom. The summed E-state index contributed by atoms with van der Waals surface area (Å²) in [6.07, 6.45) is 0. The quantitative estimate of drug-likeness (QED) is 0.260. The topological polar surface area (TPSA) is 96.2 Å². The van der Waals surface area contributed by atoms with Crippen molar-refractivity contribution in [2.45, 2.75) is 18.6 Å². The lowest BCUT2D eigenvalue weighted by atomic mass is 10.0. The summed E-state index contributed by atoms with van der Waals surface area (Å²) in [6.45, 7) is 2.81. The van der Waals surface area contributed by atoms with Gasteiger partial charge in [0.25, 0.3) is 10.8 Å². The minimum atomic E-state index is -0.404. The fraction of sp³-hybridized carbons (Fsp3) is 0.227. The molecule has 4 aromatic rings. The maximum Gasteiger partial charge on any atom is 0.461 e. The lowest BCUT2D eigenvalue weighted by Crippen LogP contribution is -2.39. The summed E-state index contributed by atoms with van der Waals surface area (Å²) in [5, 5.41) is 18.6. The van der Waals surface area contributed by atoms with E-state index < -0.39 is 4.92 Å². The van der Waals surface area contributed by atoms with Crippen LogP contribution in [0, 0.1) is 17.0 Å². The molecule has 0 unspecified atom stereocenters. The predicted molar refractivity (Wildman–Crippen MR) is 120 cm³/mol. The van der Waals surface area contributed by atoms with Crippen molar-refractivity contribution in [1.29, 1.82) is 0 Å². The number of non-ortho nitro benzene ring substituents is 1. The molecule has 0 N–H and O–H groups in total. The van der Waals surface area contributed by atoms with Crippen molar-refractivity contribution >= 4 is 28.2 Å². The number of benzene rings is 2. The van der Waals surface area contributed by atoms with E-state index in [0.717, 1.165) is 45.2 Å². The number of fused-ring (bicyclic) bond motifs is 2. The first-order valence-electron chi connectivity index (χ1n) is 9.94. The molecule has 9 nitrogen and oxygen atoms in total.